The van der Waals surface area contributed by atoms with Crippen molar-refractivity contribution < 1.29 is 14.3 Å². The summed E-state index contributed by atoms with van der Waals surface area (Å²) in [5.74, 6) is -0.0165. The molecule has 2 rings (SSSR count). The third-order valence-corrected chi connectivity index (χ3v) is 4.33. The molecule has 0 spiro atoms. The van der Waals surface area contributed by atoms with E-state index in [9.17, 15) is 9.59 Å². The van der Waals surface area contributed by atoms with E-state index in [1.807, 2.05) is 14.0 Å². The summed E-state index contributed by atoms with van der Waals surface area (Å²) in [5, 5.41) is 5.80. The Morgan fingerprint density at radius 1 is 1.32 bits per heavy atom. The Morgan fingerprint density at radius 3 is 2.68 bits per heavy atom. The molecule has 0 bridgehead atoms. The summed E-state index contributed by atoms with van der Waals surface area (Å²) in [4.78, 5) is 26.2. The molecule has 2 aliphatic rings. The molecule has 108 valence electrons. The largest absolute Gasteiger partial charge is 0.379 e. The maximum atomic E-state index is 12.5. The SMILES string of the molecule is CNC(=O)C1(C)CCN(C(=O)C2COCC2NC)C1. The number of likely N-dealkylation sites (tertiary alicyclic amines) is 1. The Kier molecular flexibility index (Phi) is 4.10. The van der Waals surface area contributed by atoms with Gasteiger partial charge in [0, 0.05) is 26.2 Å². The van der Waals surface area contributed by atoms with Gasteiger partial charge >= 0.3 is 0 Å². The zero-order valence-corrected chi connectivity index (χ0v) is 11.9. The monoisotopic (exact) mass is 269 g/mol. The van der Waals surface area contributed by atoms with Gasteiger partial charge in [-0.1, -0.05) is 0 Å². The predicted molar refractivity (Wildman–Crippen MR) is 70.5 cm³/mol. The standard InChI is InChI=1S/C13H23N3O3/c1-13(12(18)15-3)4-5-16(8-13)11(17)9-6-19-7-10(9)14-2/h9-10,14H,4-8H2,1-3H3,(H,15,18). The first kappa shape index (κ1) is 14.3. The molecule has 19 heavy (non-hydrogen) atoms. The van der Waals surface area contributed by atoms with Crippen molar-refractivity contribution >= 4 is 11.8 Å². The second-order valence-corrected chi connectivity index (χ2v) is 5.69. The molecule has 2 fully saturated rings. The van der Waals surface area contributed by atoms with Crippen LogP contribution in [0.2, 0.25) is 0 Å². The van der Waals surface area contributed by atoms with Gasteiger partial charge in [0.15, 0.2) is 0 Å². The van der Waals surface area contributed by atoms with E-state index in [2.05, 4.69) is 10.6 Å². The van der Waals surface area contributed by atoms with E-state index in [-0.39, 0.29) is 23.8 Å². The lowest BCUT2D eigenvalue weighted by atomic mass is 9.89. The molecule has 3 atom stereocenters. The zero-order chi connectivity index (χ0) is 14.0. The fraction of sp³-hybridized carbons (Fsp3) is 0.846. The zero-order valence-electron chi connectivity index (χ0n) is 11.9. The van der Waals surface area contributed by atoms with Crippen molar-refractivity contribution in [2.45, 2.75) is 19.4 Å². The minimum absolute atomic E-state index is 0.00985. The van der Waals surface area contributed by atoms with E-state index in [1.165, 1.54) is 0 Å². The Hall–Kier alpha value is -1.14. The van der Waals surface area contributed by atoms with E-state index in [1.54, 1.807) is 11.9 Å². The summed E-state index contributed by atoms with van der Waals surface area (Å²) in [6, 6.07) is 0.0827. The molecule has 2 saturated heterocycles. The molecular formula is C13H23N3O3. The van der Waals surface area contributed by atoms with E-state index in [4.69, 9.17) is 4.74 Å². The maximum absolute atomic E-state index is 12.5. The first-order valence-corrected chi connectivity index (χ1v) is 6.78. The molecule has 3 unspecified atom stereocenters. The highest BCUT2D eigenvalue weighted by Crippen LogP contribution is 2.31. The van der Waals surface area contributed by atoms with Crippen LogP contribution in [0.1, 0.15) is 13.3 Å². The quantitative estimate of drug-likeness (QED) is 0.704. The average Bonchev–Trinajstić information content (AvgIpc) is 3.04. The van der Waals surface area contributed by atoms with Crippen LogP contribution in [0, 0.1) is 11.3 Å². The van der Waals surface area contributed by atoms with Gasteiger partial charge in [-0.15, -0.1) is 0 Å². The number of ether oxygens (including phenoxy) is 1. The highest BCUT2D eigenvalue weighted by Gasteiger charge is 2.44. The number of carbonyl (C=O) groups is 2. The van der Waals surface area contributed by atoms with E-state index in [0.717, 1.165) is 6.42 Å². The van der Waals surface area contributed by atoms with E-state index >= 15 is 0 Å². The number of hydrogen-bond donors (Lipinski definition) is 2. The molecule has 0 aromatic rings. The second kappa shape index (κ2) is 5.46. The van der Waals surface area contributed by atoms with Crippen LogP contribution in [0.15, 0.2) is 0 Å². The van der Waals surface area contributed by atoms with Crippen molar-refractivity contribution in [2.75, 3.05) is 40.4 Å². The number of carbonyl (C=O) groups excluding carboxylic acids is 2. The Bertz CT molecular complexity index is 374. The number of rotatable bonds is 3. The lowest BCUT2D eigenvalue weighted by molar-refractivity contribution is -0.136. The molecule has 2 aliphatic heterocycles. The molecule has 2 amide bonds. The summed E-state index contributed by atoms with van der Waals surface area (Å²) in [7, 11) is 3.48. The molecule has 6 heteroatoms. The fourth-order valence-electron chi connectivity index (χ4n) is 2.95. The highest BCUT2D eigenvalue weighted by atomic mass is 16.5. The smallest absolute Gasteiger partial charge is 0.229 e. The summed E-state index contributed by atoms with van der Waals surface area (Å²) < 4.78 is 5.37. The topological polar surface area (TPSA) is 70.7 Å². The maximum Gasteiger partial charge on any atom is 0.229 e. The van der Waals surface area contributed by atoms with Gasteiger partial charge in [-0.3, -0.25) is 9.59 Å². The van der Waals surface area contributed by atoms with Gasteiger partial charge in [0.2, 0.25) is 11.8 Å². The van der Waals surface area contributed by atoms with Crippen LogP contribution in [0.5, 0.6) is 0 Å². The van der Waals surface area contributed by atoms with Gasteiger partial charge in [-0.25, -0.2) is 0 Å². The van der Waals surface area contributed by atoms with Crippen molar-refractivity contribution in [1.82, 2.24) is 15.5 Å². The minimum Gasteiger partial charge on any atom is -0.379 e. The summed E-state index contributed by atoms with van der Waals surface area (Å²) >= 11 is 0. The van der Waals surface area contributed by atoms with Crippen molar-refractivity contribution in [1.29, 1.82) is 0 Å². The molecule has 0 aromatic heterocycles. The van der Waals surface area contributed by atoms with E-state index in [0.29, 0.717) is 26.3 Å². The van der Waals surface area contributed by atoms with Crippen LogP contribution in [-0.4, -0.2) is 63.2 Å². The van der Waals surface area contributed by atoms with Crippen molar-refractivity contribution in [3.05, 3.63) is 0 Å². The average molecular weight is 269 g/mol. The molecule has 0 aliphatic carbocycles. The van der Waals surface area contributed by atoms with Crippen molar-refractivity contribution in [3.8, 4) is 0 Å². The summed E-state index contributed by atoms with van der Waals surface area (Å²) in [6.45, 7) is 4.11. The molecule has 6 nitrogen and oxygen atoms in total. The first-order chi connectivity index (χ1) is 9.01. The lowest BCUT2D eigenvalue weighted by Gasteiger charge is -2.26. The molecule has 2 N–H and O–H groups in total. The van der Waals surface area contributed by atoms with Crippen LogP contribution in [0.3, 0.4) is 0 Å². The van der Waals surface area contributed by atoms with Crippen LogP contribution in [-0.2, 0) is 14.3 Å². The number of nitrogens with one attached hydrogen (secondary N) is 2. The number of hydrogen-bond acceptors (Lipinski definition) is 4. The number of amides is 2. The third kappa shape index (κ3) is 2.60. The summed E-state index contributed by atoms with van der Waals surface area (Å²) in [6.07, 6.45) is 0.718. The van der Waals surface area contributed by atoms with Gasteiger partial charge in [0.25, 0.3) is 0 Å². The van der Waals surface area contributed by atoms with Gasteiger partial charge < -0.3 is 20.3 Å². The highest BCUT2D eigenvalue weighted by molar-refractivity contribution is 5.85. The van der Waals surface area contributed by atoms with E-state index < -0.39 is 5.41 Å². The van der Waals surface area contributed by atoms with Crippen LogP contribution < -0.4 is 10.6 Å². The predicted octanol–water partition coefficient (Wildman–Crippen LogP) is -0.795. The van der Waals surface area contributed by atoms with Gasteiger partial charge in [0.1, 0.15) is 0 Å². The Balaban J connectivity index is 2.01. The normalized spacial score (nSPS) is 34.6. The number of likely N-dealkylation sites (N-methyl/N-ethyl adjacent to an activating group) is 1. The Morgan fingerprint density at radius 2 is 2.05 bits per heavy atom. The molecule has 2 heterocycles. The molecule has 0 aromatic carbocycles. The van der Waals surface area contributed by atoms with Gasteiger partial charge in [-0.05, 0) is 20.4 Å². The molecule has 0 saturated carbocycles. The van der Waals surface area contributed by atoms with Crippen LogP contribution >= 0.6 is 0 Å². The van der Waals surface area contributed by atoms with Crippen molar-refractivity contribution in [2.24, 2.45) is 11.3 Å². The van der Waals surface area contributed by atoms with Gasteiger partial charge in [0.05, 0.1) is 24.5 Å². The minimum atomic E-state index is -0.459. The van der Waals surface area contributed by atoms with Crippen molar-refractivity contribution in [3.63, 3.8) is 0 Å². The van der Waals surface area contributed by atoms with Crippen LogP contribution in [0.4, 0.5) is 0 Å². The first-order valence-electron chi connectivity index (χ1n) is 6.78. The lowest BCUT2D eigenvalue weighted by Crippen LogP contribution is -2.46. The third-order valence-electron chi connectivity index (χ3n) is 4.33. The second-order valence-electron chi connectivity index (χ2n) is 5.69. The Labute approximate surface area is 113 Å². The van der Waals surface area contributed by atoms with Crippen LogP contribution in [0.25, 0.3) is 0 Å². The van der Waals surface area contributed by atoms with Gasteiger partial charge in [-0.2, -0.15) is 0 Å². The fourth-order valence-corrected chi connectivity index (χ4v) is 2.95. The summed E-state index contributed by atoms with van der Waals surface area (Å²) in [5.41, 5.74) is -0.459. The number of nitrogens with zero attached hydrogens (tertiary/aromatic N) is 1. The molecular weight excluding hydrogens is 246 g/mol. The molecule has 0 radical (unpaired) electrons.